The highest BCUT2D eigenvalue weighted by molar-refractivity contribution is 6.35. The van der Waals surface area contributed by atoms with Crippen LogP contribution in [0.5, 0.6) is 0 Å². The van der Waals surface area contributed by atoms with Gasteiger partial charge in [0.2, 0.25) is 6.33 Å². The Morgan fingerprint density at radius 2 is 1.68 bits per heavy atom. The van der Waals surface area contributed by atoms with E-state index in [0.717, 1.165) is 16.7 Å². The van der Waals surface area contributed by atoms with Crippen molar-refractivity contribution in [1.82, 2.24) is 4.57 Å². The van der Waals surface area contributed by atoms with E-state index in [0.29, 0.717) is 37.3 Å². The first-order valence-corrected chi connectivity index (χ1v) is 13.6. The summed E-state index contributed by atoms with van der Waals surface area (Å²) in [5, 5.41) is 5.53. The van der Waals surface area contributed by atoms with Crippen LogP contribution < -0.4 is 9.88 Å². The Labute approximate surface area is 246 Å². The minimum absolute atomic E-state index is 0.185. The molecule has 4 rings (SSSR count). The van der Waals surface area contributed by atoms with E-state index >= 15 is 0 Å². The Bertz CT molecular complexity index is 1440. The zero-order chi connectivity index (χ0) is 27.4. The van der Waals surface area contributed by atoms with Gasteiger partial charge in [0.15, 0.2) is 6.04 Å². The molecule has 198 valence electrons. The molecule has 4 aromatic rings. The fourth-order valence-corrected chi connectivity index (χ4v) is 5.19. The Balaban J connectivity index is 1.52. The van der Waals surface area contributed by atoms with Crippen molar-refractivity contribution in [3.8, 4) is 0 Å². The summed E-state index contributed by atoms with van der Waals surface area (Å²) in [4.78, 5) is 13.0. The van der Waals surface area contributed by atoms with Crippen LogP contribution in [0.2, 0.25) is 25.1 Å². The number of ether oxygens (including phenoxy) is 1. The predicted molar refractivity (Wildman–Crippen MR) is 155 cm³/mol. The zero-order valence-corrected chi connectivity index (χ0v) is 24.4. The topological polar surface area (TPSA) is 47.1 Å². The van der Waals surface area contributed by atoms with Gasteiger partial charge in [0.05, 0.1) is 17.3 Å². The Morgan fingerprint density at radius 3 is 2.37 bits per heavy atom. The summed E-state index contributed by atoms with van der Waals surface area (Å²) in [6.45, 7) is 4.39. The molecule has 1 heterocycles. The normalized spacial score (nSPS) is 12.8. The molecule has 0 aliphatic carbocycles. The van der Waals surface area contributed by atoms with Crippen molar-refractivity contribution in [1.29, 1.82) is 0 Å². The third-order valence-electron chi connectivity index (χ3n) is 6.15. The summed E-state index contributed by atoms with van der Waals surface area (Å²) in [5.41, 5.74) is 3.08. The van der Waals surface area contributed by atoms with Crippen LogP contribution in [0.3, 0.4) is 0 Å². The maximum atomic E-state index is 13.0. The molecule has 2 unspecified atom stereocenters. The number of halogens is 5. The van der Waals surface area contributed by atoms with E-state index in [4.69, 9.17) is 62.7 Å². The highest BCUT2D eigenvalue weighted by Crippen LogP contribution is 2.31. The molecular weight excluding hydrogens is 588 g/mol. The van der Waals surface area contributed by atoms with Gasteiger partial charge in [-0.2, -0.15) is 0 Å². The SMILES string of the molecule is Cc1cccc(Cl)c1NC(=O)C(C)n1cc[n+](CC(OCc2ccc(Cl)cc2Cl)c2ccc(Cl)cc2Cl)c1. The van der Waals surface area contributed by atoms with Gasteiger partial charge in [-0.1, -0.05) is 82.3 Å². The first-order chi connectivity index (χ1) is 18.1. The van der Waals surface area contributed by atoms with Crippen molar-refractivity contribution < 1.29 is 14.1 Å². The standard InChI is InChI=1S/C28H24Cl5N3O2/c1-17-4-3-5-23(31)27(17)34-28(37)18(2)36-11-10-35(16-36)14-26(22-9-8-21(30)13-25(22)33)38-15-19-6-7-20(29)12-24(19)32/h3-13,16,18,26H,14-15H2,1-2H3/p+1. The number of hydrogen-bond acceptors (Lipinski definition) is 2. The third-order valence-corrected chi connectivity index (χ3v) is 7.61. The number of benzene rings is 3. The van der Waals surface area contributed by atoms with E-state index in [1.165, 1.54) is 0 Å². The lowest BCUT2D eigenvalue weighted by atomic mass is 10.1. The Kier molecular flexibility index (Phi) is 9.64. The number of aromatic nitrogens is 2. The molecule has 0 bridgehead atoms. The zero-order valence-electron chi connectivity index (χ0n) is 20.6. The first-order valence-electron chi connectivity index (χ1n) is 11.8. The molecule has 0 fully saturated rings. The van der Waals surface area contributed by atoms with E-state index in [9.17, 15) is 4.79 Å². The molecular formula is C28H25Cl5N3O2+. The van der Waals surface area contributed by atoms with Crippen molar-refractivity contribution in [3.05, 3.63) is 115 Å². The van der Waals surface area contributed by atoms with Crippen LogP contribution in [0.25, 0.3) is 0 Å². The molecule has 3 aromatic carbocycles. The number of nitrogens with zero attached hydrogens (tertiary/aromatic N) is 2. The second-order valence-corrected chi connectivity index (χ2v) is 11.0. The Morgan fingerprint density at radius 1 is 0.974 bits per heavy atom. The van der Waals surface area contributed by atoms with Gasteiger partial charge in [0.1, 0.15) is 25.0 Å². The summed E-state index contributed by atoms with van der Waals surface area (Å²) >= 11 is 31.3. The van der Waals surface area contributed by atoms with Gasteiger partial charge >= 0.3 is 0 Å². The number of rotatable bonds is 9. The van der Waals surface area contributed by atoms with Gasteiger partial charge in [-0.3, -0.25) is 4.79 Å². The second kappa shape index (κ2) is 12.7. The number of para-hydroxylation sites is 1. The minimum atomic E-state index is -0.488. The third kappa shape index (κ3) is 7.03. The molecule has 1 aromatic heterocycles. The fourth-order valence-electron chi connectivity index (χ4n) is 3.93. The van der Waals surface area contributed by atoms with Crippen molar-refractivity contribution in [2.45, 2.75) is 39.1 Å². The number of carbonyl (C=O) groups excluding carboxylic acids is 1. The van der Waals surface area contributed by atoms with Crippen molar-refractivity contribution in [2.24, 2.45) is 0 Å². The van der Waals surface area contributed by atoms with Gasteiger partial charge in [0, 0.05) is 25.7 Å². The number of nitrogens with one attached hydrogen (secondary N) is 1. The van der Waals surface area contributed by atoms with E-state index < -0.39 is 12.1 Å². The quantitative estimate of drug-likeness (QED) is 0.193. The molecule has 0 saturated carbocycles. The molecule has 38 heavy (non-hydrogen) atoms. The number of aryl methyl sites for hydroxylation is 1. The monoisotopic (exact) mass is 610 g/mol. The van der Waals surface area contributed by atoms with E-state index in [1.807, 2.05) is 66.0 Å². The average Bonchev–Trinajstić information content (AvgIpc) is 3.33. The molecule has 10 heteroatoms. The summed E-state index contributed by atoms with van der Waals surface area (Å²) in [6, 6.07) is 15.6. The lowest BCUT2D eigenvalue weighted by Gasteiger charge is -2.19. The van der Waals surface area contributed by atoms with Gasteiger partial charge in [-0.05, 0) is 55.3 Å². The summed E-state index contributed by atoms with van der Waals surface area (Å²) < 4.78 is 10.1. The molecule has 0 saturated heterocycles. The van der Waals surface area contributed by atoms with E-state index in [2.05, 4.69) is 5.32 Å². The summed E-state index contributed by atoms with van der Waals surface area (Å²) in [6.07, 6.45) is 5.13. The predicted octanol–water partition coefficient (Wildman–Crippen LogP) is 8.51. The van der Waals surface area contributed by atoms with Gasteiger partial charge in [-0.15, -0.1) is 0 Å². The molecule has 0 aliphatic heterocycles. The number of hydrogen-bond donors (Lipinski definition) is 1. The van der Waals surface area contributed by atoms with Crippen LogP contribution in [0.1, 0.15) is 35.8 Å². The second-order valence-electron chi connectivity index (χ2n) is 8.86. The lowest BCUT2D eigenvalue weighted by Crippen LogP contribution is -2.36. The van der Waals surface area contributed by atoms with Crippen molar-refractivity contribution in [3.63, 3.8) is 0 Å². The molecule has 0 aliphatic rings. The van der Waals surface area contributed by atoms with Crippen LogP contribution in [0.4, 0.5) is 5.69 Å². The van der Waals surface area contributed by atoms with Crippen LogP contribution in [-0.4, -0.2) is 10.5 Å². The Hall–Kier alpha value is -2.25. The first kappa shape index (κ1) is 28.8. The maximum Gasteiger partial charge on any atom is 0.269 e. The highest BCUT2D eigenvalue weighted by Gasteiger charge is 2.24. The van der Waals surface area contributed by atoms with Crippen LogP contribution in [0.15, 0.2) is 73.3 Å². The maximum absolute atomic E-state index is 13.0. The van der Waals surface area contributed by atoms with Crippen molar-refractivity contribution in [2.75, 3.05) is 5.32 Å². The fraction of sp³-hybridized carbons (Fsp3) is 0.214. The van der Waals surface area contributed by atoms with Crippen LogP contribution >= 0.6 is 58.0 Å². The van der Waals surface area contributed by atoms with Gasteiger partial charge < -0.3 is 10.1 Å². The van der Waals surface area contributed by atoms with Gasteiger partial charge in [-0.25, -0.2) is 9.13 Å². The number of anilines is 1. The number of amides is 1. The smallest absolute Gasteiger partial charge is 0.269 e. The molecule has 0 radical (unpaired) electrons. The number of carbonyl (C=O) groups is 1. The minimum Gasteiger partial charge on any atom is -0.365 e. The lowest BCUT2D eigenvalue weighted by molar-refractivity contribution is -0.705. The van der Waals surface area contributed by atoms with E-state index in [1.54, 1.807) is 30.3 Å². The molecule has 5 nitrogen and oxygen atoms in total. The highest BCUT2D eigenvalue weighted by atomic mass is 35.5. The average molecular weight is 613 g/mol. The molecule has 1 amide bonds. The number of imidazole rings is 1. The van der Waals surface area contributed by atoms with Crippen molar-refractivity contribution >= 4 is 69.6 Å². The largest absolute Gasteiger partial charge is 0.365 e. The summed E-state index contributed by atoms with van der Waals surface area (Å²) in [5.74, 6) is -0.185. The van der Waals surface area contributed by atoms with Gasteiger partial charge in [0.25, 0.3) is 5.91 Å². The molecule has 0 spiro atoms. The molecule has 1 N–H and O–H groups in total. The van der Waals surface area contributed by atoms with E-state index in [-0.39, 0.29) is 12.5 Å². The van der Waals surface area contributed by atoms with Crippen LogP contribution in [0, 0.1) is 6.92 Å². The summed E-state index contributed by atoms with van der Waals surface area (Å²) in [7, 11) is 0. The molecule has 2 atom stereocenters. The van der Waals surface area contributed by atoms with Crippen LogP contribution in [-0.2, 0) is 22.7 Å².